The summed E-state index contributed by atoms with van der Waals surface area (Å²) >= 11 is 0. The summed E-state index contributed by atoms with van der Waals surface area (Å²) in [6.45, 7) is 7.57. The van der Waals surface area contributed by atoms with Gasteiger partial charge in [-0.2, -0.15) is 0 Å². The van der Waals surface area contributed by atoms with Crippen molar-refractivity contribution in [3.05, 3.63) is 0 Å². The van der Waals surface area contributed by atoms with Crippen LogP contribution >= 0.6 is 0 Å². The molecule has 0 aromatic carbocycles. The van der Waals surface area contributed by atoms with Gasteiger partial charge in [-0.3, -0.25) is 0 Å². The Balaban J connectivity index is 0. The molecule has 1 aliphatic rings. The highest BCUT2D eigenvalue weighted by Gasteiger charge is 2.35. The smallest absolute Gasteiger partial charge is 0.0858 e. The fourth-order valence-corrected chi connectivity index (χ4v) is 0.548. The zero-order valence-electron chi connectivity index (χ0n) is 6.57. The molecule has 0 spiro atoms. The maximum Gasteiger partial charge on any atom is 0.0858 e. The molecule has 1 aliphatic heterocycles. The first-order valence-electron chi connectivity index (χ1n) is 2.72. The molecular formula is C6H16ClNO. The topological polar surface area (TPSA) is 49.0 Å². The number of quaternary nitrogens is 1. The minimum Gasteiger partial charge on any atom is -1.00 e. The Labute approximate surface area is 63.0 Å². The van der Waals surface area contributed by atoms with Crippen LogP contribution in [0.15, 0.2) is 0 Å². The largest absolute Gasteiger partial charge is 1.00 e. The average Bonchev–Trinajstić information content (AvgIpc) is 1.99. The SMILES string of the molecule is CC(C)(C)C1CO1.[Cl-].[NH4+]. The summed E-state index contributed by atoms with van der Waals surface area (Å²) < 4.78 is 5.07. The van der Waals surface area contributed by atoms with Crippen LogP contribution in [0.1, 0.15) is 20.8 Å². The number of rotatable bonds is 0. The Kier molecular flexibility index (Phi) is 4.51. The van der Waals surface area contributed by atoms with Gasteiger partial charge in [-0.15, -0.1) is 0 Å². The van der Waals surface area contributed by atoms with E-state index in [2.05, 4.69) is 20.8 Å². The molecule has 9 heavy (non-hydrogen) atoms. The van der Waals surface area contributed by atoms with E-state index in [1.807, 2.05) is 0 Å². The lowest BCUT2D eigenvalue weighted by Crippen LogP contribution is -3.00. The van der Waals surface area contributed by atoms with E-state index in [4.69, 9.17) is 4.74 Å². The predicted molar refractivity (Wildman–Crippen MR) is 35.2 cm³/mol. The van der Waals surface area contributed by atoms with E-state index in [-0.39, 0.29) is 18.6 Å². The van der Waals surface area contributed by atoms with Crippen molar-refractivity contribution in [2.75, 3.05) is 6.61 Å². The van der Waals surface area contributed by atoms with E-state index in [1.54, 1.807) is 0 Å². The van der Waals surface area contributed by atoms with Crippen molar-refractivity contribution >= 4 is 0 Å². The number of ether oxygens (including phenoxy) is 1. The molecule has 2 nitrogen and oxygen atoms in total. The Morgan fingerprint density at radius 3 is 1.67 bits per heavy atom. The summed E-state index contributed by atoms with van der Waals surface area (Å²) in [5.41, 5.74) is 0.389. The van der Waals surface area contributed by atoms with Crippen molar-refractivity contribution in [1.82, 2.24) is 6.15 Å². The van der Waals surface area contributed by atoms with Crippen LogP contribution in [-0.4, -0.2) is 12.7 Å². The zero-order valence-corrected chi connectivity index (χ0v) is 7.33. The molecule has 1 saturated heterocycles. The maximum absolute atomic E-state index is 5.07. The third-order valence-electron chi connectivity index (χ3n) is 1.30. The number of halogens is 1. The van der Waals surface area contributed by atoms with Crippen LogP contribution in [0.2, 0.25) is 0 Å². The lowest BCUT2D eigenvalue weighted by atomic mass is 9.93. The molecular weight excluding hydrogens is 138 g/mol. The van der Waals surface area contributed by atoms with Crippen molar-refractivity contribution in [2.24, 2.45) is 5.41 Å². The van der Waals surface area contributed by atoms with Gasteiger partial charge >= 0.3 is 0 Å². The molecule has 1 heterocycles. The summed E-state index contributed by atoms with van der Waals surface area (Å²) in [5, 5.41) is 0. The average molecular weight is 154 g/mol. The van der Waals surface area contributed by atoms with Crippen molar-refractivity contribution < 1.29 is 17.1 Å². The Morgan fingerprint density at radius 1 is 1.33 bits per heavy atom. The summed E-state index contributed by atoms with van der Waals surface area (Å²) in [5.74, 6) is 0. The maximum atomic E-state index is 5.07. The first-order chi connectivity index (χ1) is 3.11. The van der Waals surface area contributed by atoms with Gasteiger partial charge in [0.15, 0.2) is 0 Å². The van der Waals surface area contributed by atoms with Crippen molar-refractivity contribution in [1.29, 1.82) is 0 Å². The fraction of sp³-hybridized carbons (Fsp3) is 1.00. The first kappa shape index (κ1) is 11.9. The molecule has 0 aromatic heterocycles. The quantitative estimate of drug-likeness (QED) is 0.438. The fourth-order valence-electron chi connectivity index (χ4n) is 0.548. The lowest BCUT2D eigenvalue weighted by Gasteiger charge is -2.12. The second-order valence-electron chi connectivity index (χ2n) is 3.19. The lowest BCUT2D eigenvalue weighted by molar-refractivity contribution is -0.00000267. The van der Waals surface area contributed by atoms with Crippen LogP contribution in [0, 0.1) is 5.41 Å². The van der Waals surface area contributed by atoms with Crippen LogP contribution in [-0.2, 0) is 4.74 Å². The van der Waals surface area contributed by atoms with Crippen LogP contribution in [0.4, 0.5) is 0 Å². The minimum absolute atomic E-state index is 0. The van der Waals surface area contributed by atoms with E-state index in [1.165, 1.54) is 0 Å². The molecule has 0 saturated carbocycles. The van der Waals surface area contributed by atoms with Gasteiger partial charge in [0.05, 0.1) is 12.7 Å². The second kappa shape index (κ2) is 3.40. The molecule has 0 bridgehead atoms. The second-order valence-corrected chi connectivity index (χ2v) is 3.19. The van der Waals surface area contributed by atoms with Crippen LogP contribution < -0.4 is 18.6 Å². The minimum atomic E-state index is 0. The zero-order chi connectivity index (χ0) is 5.49. The van der Waals surface area contributed by atoms with Crippen LogP contribution in [0.3, 0.4) is 0 Å². The highest BCUT2D eigenvalue weighted by molar-refractivity contribution is 4.82. The van der Waals surface area contributed by atoms with Gasteiger partial charge in [0.2, 0.25) is 0 Å². The molecule has 1 unspecified atom stereocenters. The van der Waals surface area contributed by atoms with E-state index in [9.17, 15) is 0 Å². The third kappa shape index (κ3) is 3.73. The molecule has 1 fully saturated rings. The van der Waals surface area contributed by atoms with Gasteiger partial charge in [0.1, 0.15) is 0 Å². The molecule has 0 radical (unpaired) electrons. The van der Waals surface area contributed by atoms with E-state index in [0.29, 0.717) is 11.5 Å². The highest BCUT2D eigenvalue weighted by Crippen LogP contribution is 2.30. The molecule has 3 heteroatoms. The van der Waals surface area contributed by atoms with Gasteiger partial charge < -0.3 is 23.3 Å². The standard InChI is InChI=1S/C6H12O.ClH.H3N/c1-6(2,3)5-4-7-5;;/h5H,4H2,1-3H3;1H;1H3. The predicted octanol–water partition coefficient (Wildman–Crippen LogP) is -1.19. The van der Waals surface area contributed by atoms with E-state index in [0.717, 1.165) is 6.61 Å². The highest BCUT2D eigenvalue weighted by atomic mass is 35.5. The monoisotopic (exact) mass is 153 g/mol. The normalized spacial score (nSPS) is 23.7. The number of hydrogen-bond acceptors (Lipinski definition) is 1. The Hall–Kier alpha value is 0.210. The van der Waals surface area contributed by atoms with Gasteiger partial charge in [-0.25, -0.2) is 0 Å². The summed E-state index contributed by atoms with van der Waals surface area (Å²) in [7, 11) is 0. The molecule has 0 aliphatic carbocycles. The summed E-state index contributed by atoms with van der Waals surface area (Å²) in [6, 6.07) is 0. The van der Waals surface area contributed by atoms with Crippen molar-refractivity contribution in [2.45, 2.75) is 26.9 Å². The van der Waals surface area contributed by atoms with Crippen LogP contribution in [0.5, 0.6) is 0 Å². The molecule has 4 N–H and O–H groups in total. The number of hydrogen-bond donors (Lipinski definition) is 1. The molecule has 58 valence electrons. The third-order valence-corrected chi connectivity index (χ3v) is 1.30. The number of epoxide rings is 1. The van der Waals surface area contributed by atoms with Gasteiger partial charge in [0, 0.05) is 0 Å². The van der Waals surface area contributed by atoms with Crippen molar-refractivity contribution in [3.8, 4) is 0 Å². The molecule has 0 aromatic rings. The molecule has 1 atom stereocenters. The van der Waals surface area contributed by atoms with E-state index >= 15 is 0 Å². The Morgan fingerprint density at radius 2 is 1.67 bits per heavy atom. The van der Waals surface area contributed by atoms with E-state index < -0.39 is 0 Å². The summed E-state index contributed by atoms with van der Waals surface area (Å²) in [6.07, 6.45) is 0.549. The Bertz CT molecular complexity index is 75.6. The van der Waals surface area contributed by atoms with Gasteiger partial charge in [-0.1, -0.05) is 20.8 Å². The van der Waals surface area contributed by atoms with Crippen molar-refractivity contribution in [3.63, 3.8) is 0 Å². The van der Waals surface area contributed by atoms with Crippen LogP contribution in [0.25, 0.3) is 0 Å². The molecule has 0 amide bonds. The summed E-state index contributed by atoms with van der Waals surface area (Å²) in [4.78, 5) is 0. The first-order valence-corrected chi connectivity index (χ1v) is 2.72. The van der Waals surface area contributed by atoms with Gasteiger partial charge in [0.25, 0.3) is 0 Å². The van der Waals surface area contributed by atoms with Gasteiger partial charge in [-0.05, 0) is 5.41 Å². The molecule has 1 rings (SSSR count).